The van der Waals surface area contributed by atoms with E-state index in [2.05, 4.69) is 21.2 Å². The molecule has 1 aromatic carbocycles. The number of rotatable bonds is 4. The van der Waals surface area contributed by atoms with Gasteiger partial charge in [-0.05, 0) is 12.1 Å². The number of hydrogen-bond acceptors (Lipinski definition) is 2. The van der Waals surface area contributed by atoms with Crippen LogP contribution in [-0.2, 0) is 11.3 Å². The first-order chi connectivity index (χ1) is 7.13. The van der Waals surface area contributed by atoms with Crippen molar-refractivity contribution in [3.05, 3.63) is 34.1 Å². The normalized spacial score (nSPS) is 10.1. The predicted molar refractivity (Wildman–Crippen MR) is 59.6 cm³/mol. The van der Waals surface area contributed by atoms with E-state index in [9.17, 15) is 9.18 Å². The molecule has 0 heterocycles. The third-order valence-electron chi connectivity index (χ3n) is 1.86. The van der Waals surface area contributed by atoms with Gasteiger partial charge in [0.2, 0.25) is 5.91 Å². The van der Waals surface area contributed by atoms with Crippen LogP contribution in [0.2, 0.25) is 0 Å². The Morgan fingerprint density at radius 3 is 2.87 bits per heavy atom. The molecule has 0 aliphatic carbocycles. The van der Waals surface area contributed by atoms with E-state index in [1.54, 1.807) is 12.1 Å². The molecular weight excluding hydrogens is 263 g/mol. The maximum Gasteiger partial charge on any atom is 0.221 e. The van der Waals surface area contributed by atoms with Crippen LogP contribution in [0.3, 0.4) is 0 Å². The van der Waals surface area contributed by atoms with Crippen LogP contribution in [0.1, 0.15) is 12.0 Å². The highest BCUT2D eigenvalue weighted by molar-refractivity contribution is 9.10. The van der Waals surface area contributed by atoms with Crippen molar-refractivity contribution in [2.24, 2.45) is 5.73 Å². The van der Waals surface area contributed by atoms with Crippen molar-refractivity contribution in [2.75, 3.05) is 6.54 Å². The number of nitrogens with two attached hydrogens (primary N) is 1. The predicted octanol–water partition coefficient (Wildman–Crippen LogP) is 1.55. The maximum atomic E-state index is 13.3. The molecule has 15 heavy (non-hydrogen) atoms. The molecule has 1 aromatic rings. The van der Waals surface area contributed by atoms with Crippen molar-refractivity contribution in [1.29, 1.82) is 0 Å². The molecule has 0 saturated carbocycles. The van der Waals surface area contributed by atoms with E-state index < -0.39 is 0 Å². The Morgan fingerprint density at radius 1 is 1.53 bits per heavy atom. The first-order valence-corrected chi connectivity index (χ1v) is 5.33. The molecule has 0 bridgehead atoms. The third kappa shape index (κ3) is 3.97. The summed E-state index contributed by atoms with van der Waals surface area (Å²) in [5, 5.41) is 2.59. The minimum absolute atomic E-state index is 0.167. The summed E-state index contributed by atoms with van der Waals surface area (Å²) in [6.45, 7) is 0.493. The maximum absolute atomic E-state index is 13.3. The van der Waals surface area contributed by atoms with Crippen LogP contribution in [0.4, 0.5) is 4.39 Å². The molecule has 0 fully saturated rings. The number of benzene rings is 1. The number of hydrogen-bond donors (Lipinski definition) is 2. The Kier molecular flexibility index (Phi) is 4.71. The van der Waals surface area contributed by atoms with Crippen LogP contribution in [-0.4, -0.2) is 12.5 Å². The van der Waals surface area contributed by atoms with E-state index in [0.717, 1.165) is 0 Å². The number of halogens is 2. The number of carbonyl (C=O) groups excluding carboxylic acids is 1. The fourth-order valence-electron chi connectivity index (χ4n) is 1.08. The molecule has 0 aliphatic rings. The second-order valence-corrected chi connectivity index (χ2v) is 3.97. The zero-order valence-electron chi connectivity index (χ0n) is 8.09. The van der Waals surface area contributed by atoms with Crippen molar-refractivity contribution in [3.63, 3.8) is 0 Å². The van der Waals surface area contributed by atoms with E-state index in [-0.39, 0.29) is 24.7 Å². The highest BCUT2D eigenvalue weighted by Crippen LogP contribution is 2.14. The number of amides is 1. The van der Waals surface area contributed by atoms with E-state index >= 15 is 0 Å². The number of nitrogens with one attached hydrogen (secondary N) is 1. The smallest absolute Gasteiger partial charge is 0.221 e. The number of carbonyl (C=O) groups is 1. The molecular formula is C10H12BrFN2O. The van der Waals surface area contributed by atoms with Crippen LogP contribution in [0.25, 0.3) is 0 Å². The van der Waals surface area contributed by atoms with E-state index in [0.29, 0.717) is 16.6 Å². The molecule has 3 nitrogen and oxygen atoms in total. The van der Waals surface area contributed by atoms with Crippen molar-refractivity contribution in [1.82, 2.24) is 5.32 Å². The molecule has 3 N–H and O–H groups in total. The summed E-state index contributed by atoms with van der Waals surface area (Å²) in [7, 11) is 0. The summed E-state index contributed by atoms with van der Waals surface area (Å²) in [5.74, 6) is -0.503. The highest BCUT2D eigenvalue weighted by Gasteiger charge is 2.04. The Balaban J connectivity index is 2.54. The zero-order chi connectivity index (χ0) is 11.3. The SMILES string of the molecule is NCCC(=O)NCc1ccc(Br)cc1F. The van der Waals surface area contributed by atoms with Crippen LogP contribution >= 0.6 is 15.9 Å². The lowest BCUT2D eigenvalue weighted by atomic mass is 10.2. The quantitative estimate of drug-likeness (QED) is 0.876. The van der Waals surface area contributed by atoms with Gasteiger partial charge in [-0.15, -0.1) is 0 Å². The third-order valence-corrected chi connectivity index (χ3v) is 2.36. The van der Waals surface area contributed by atoms with Gasteiger partial charge in [0.15, 0.2) is 0 Å². The van der Waals surface area contributed by atoms with Gasteiger partial charge in [-0.2, -0.15) is 0 Å². The second-order valence-electron chi connectivity index (χ2n) is 3.05. The summed E-state index contributed by atoms with van der Waals surface area (Å²) in [5.41, 5.74) is 5.67. The summed E-state index contributed by atoms with van der Waals surface area (Å²) >= 11 is 3.16. The minimum atomic E-state index is -0.336. The molecule has 0 aliphatic heterocycles. The zero-order valence-corrected chi connectivity index (χ0v) is 9.68. The van der Waals surface area contributed by atoms with Crippen molar-refractivity contribution in [2.45, 2.75) is 13.0 Å². The lowest BCUT2D eigenvalue weighted by Gasteiger charge is -2.05. The van der Waals surface area contributed by atoms with Crippen LogP contribution in [0, 0.1) is 5.82 Å². The summed E-state index contributed by atoms with van der Waals surface area (Å²) < 4.78 is 14.0. The molecule has 0 aromatic heterocycles. The Morgan fingerprint density at radius 2 is 2.27 bits per heavy atom. The molecule has 0 saturated heterocycles. The Hall–Kier alpha value is -0.940. The van der Waals surface area contributed by atoms with E-state index in [1.165, 1.54) is 6.07 Å². The monoisotopic (exact) mass is 274 g/mol. The second kappa shape index (κ2) is 5.82. The largest absolute Gasteiger partial charge is 0.352 e. The van der Waals surface area contributed by atoms with Gasteiger partial charge >= 0.3 is 0 Å². The highest BCUT2D eigenvalue weighted by atomic mass is 79.9. The van der Waals surface area contributed by atoms with Gasteiger partial charge in [0, 0.05) is 29.5 Å². The van der Waals surface area contributed by atoms with Gasteiger partial charge in [0.1, 0.15) is 5.82 Å². The topological polar surface area (TPSA) is 55.1 Å². The van der Waals surface area contributed by atoms with E-state index in [1.807, 2.05) is 0 Å². The average Bonchev–Trinajstić information content (AvgIpc) is 2.17. The molecule has 0 spiro atoms. The van der Waals surface area contributed by atoms with Gasteiger partial charge < -0.3 is 11.1 Å². The fraction of sp³-hybridized carbons (Fsp3) is 0.300. The lowest BCUT2D eigenvalue weighted by molar-refractivity contribution is -0.121. The van der Waals surface area contributed by atoms with Crippen LogP contribution < -0.4 is 11.1 Å². The summed E-state index contributed by atoms with van der Waals surface area (Å²) in [6, 6.07) is 4.72. The van der Waals surface area contributed by atoms with Crippen molar-refractivity contribution in [3.8, 4) is 0 Å². The lowest BCUT2D eigenvalue weighted by Crippen LogP contribution is -2.25. The molecule has 0 atom stereocenters. The average molecular weight is 275 g/mol. The van der Waals surface area contributed by atoms with Gasteiger partial charge in [-0.3, -0.25) is 4.79 Å². The summed E-state index contributed by atoms with van der Waals surface area (Å²) in [4.78, 5) is 11.1. The van der Waals surface area contributed by atoms with Gasteiger partial charge in [-0.25, -0.2) is 4.39 Å². The summed E-state index contributed by atoms with van der Waals surface area (Å²) in [6.07, 6.45) is 0.262. The van der Waals surface area contributed by atoms with Gasteiger partial charge in [-0.1, -0.05) is 22.0 Å². The van der Waals surface area contributed by atoms with Crippen molar-refractivity contribution < 1.29 is 9.18 Å². The molecule has 5 heteroatoms. The Bertz CT molecular complexity index is 357. The van der Waals surface area contributed by atoms with E-state index in [4.69, 9.17) is 5.73 Å². The molecule has 0 unspecified atom stereocenters. The standard InChI is InChI=1S/C10H12BrFN2O/c11-8-2-1-7(9(12)5-8)6-14-10(15)3-4-13/h1-2,5H,3-4,6,13H2,(H,14,15). The fourth-order valence-corrected chi connectivity index (χ4v) is 1.41. The van der Waals surface area contributed by atoms with Crippen molar-refractivity contribution >= 4 is 21.8 Å². The Labute approximate surface area is 96.0 Å². The first-order valence-electron chi connectivity index (χ1n) is 4.54. The van der Waals surface area contributed by atoms with Gasteiger partial charge in [0.05, 0.1) is 0 Å². The molecule has 1 amide bonds. The van der Waals surface area contributed by atoms with Gasteiger partial charge in [0.25, 0.3) is 0 Å². The van der Waals surface area contributed by atoms with Crippen LogP contribution in [0.5, 0.6) is 0 Å². The molecule has 82 valence electrons. The van der Waals surface area contributed by atoms with Crippen LogP contribution in [0.15, 0.2) is 22.7 Å². The molecule has 1 rings (SSSR count). The minimum Gasteiger partial charge on any atom is -0.352 e. The first kappa shape index (κ1) is 12.1. The molecule has 0 radical (unpaired) electrons.